The molecule has 2 heteroatoms. The number of nitrogens with one attached hydrogen (secondary N) is 1. The molecule has 0 amide bonds. The van der Waals surface area contributed by atoms with E-state index in [4.69, 9.17) is 5.73 Å². The summed E-state index contributed by atoms with van der Waals surface area (Å²) in [4.78, 5) is 0. The first-order valence-electron chi connectivity index (χ1n) is 7.43. The molecule has 0 heterocycles. The highest BCUT2D eigenvalue weighted by atomic mass is 14.9. The van der Waals surface area contributed by atoms with E-state index in [9.17, 15) is 0 Å². The molecule has 0 aliphatic carbocycles. The molecule has 3 N–H and O–H groups in total. The number of aryl methyl sites for hydroxylation is 2. The van der Waals surface area contributed by atoms with Gasteiger partial charge < -0.3 is 11.1 Å². The predicted molar refractivity (Wildman–Crippen MR) is 95.5 cm³/mol. The van der Waals surface area contributed by atoms with Gasteiger partial charge >= 0.3 is 0 Å². The Kier molecular flexibility index (Phi) is 3.84. The zero-order valence-corrected chi connectivity index (χ0v) is 12.9. The van der Waals surface area contributed by atoms with Crippen molar-refractivity contribution in [2.45, 2.75) is 13.8 Å². The van der Waals surface area contributed by atoms with Gasteiger partial charge in [0.05, 0.1) is 0 Å². The van der Waals surface area contributed by atoms with Gasteiger partial charge in [0, 0.05) is 22.6 Å². The molecule has 0 aromatic heterocycles. The maximum Gasteiger partial charge on any atom is 0.0414 e. The third kappa shape index (κ3) is 2.96. The van der Waals surface area contributed by atoms with Crippen molar-refractivity contribution in [2.75, 3.05) is 11.1 Å². The summed E-state index contributed by atoms with van der Waals surface area (Å²) in [6.45, 7) is 4.22. The van der Waals surface area contributed by atoms with Gasteiger partial charge in [0.25, 0.3) is 0 Å². The number of anilines is 3. The number of hydrogen-bond acceptors (Lipinski definition) is 2. The summed E-state index contributed by atoms with van der Waals surface area (Å²) >= 11 is 0. The average Bonchev–Trinajstić information content (AvgIpc) is 2.52. The zero-order valence-electron chi connectivity index (χ0n) is 12.9. The van der Waals surface area contributed by atoms with Crippen LogP contribution in [0.15, 0.2) is 66.7 Å². The van der Waals surface area contributed by atoms with Crippen molar-refractivity contribution in [3.63, 3.8) is 0 Å². The first-order chi connectivity index (χ1) is 10.6. The fourth-order valence-corrected chi connectivity index (χ4v) is 2.61. The van der Waals surface area contributed by atoms with Gasteiger partial charge in [-0.2, -0.15) is 0 Å². The summed E-state index contributed by atoms with van der Waals surface area (Å²) in [7, 11) is 0. The molecule has 0 aliphatic heterocycles. The summed E-state index contributed by atoms with van der Waals surface area (Å²) < 4.78 is 0. The van der Waals surface area contributed by atoms with Gasteiger partial charge in [-0.15, -0.1) is 0 Å². The summed E-state index contributed by atoms with van der Waals surface area (Å²) in [6.07, 6.45) is 0. The molecule has 110 valence electrons. The van der Waals surface area contributed by atoms with Gasteiger partial charge in [-0.1, -0.05) is 48.0 Å². The summed E-state index contributed by atoms with van der Waals surface area (Å²) in [6, 6.07) is 22.7. The Morgan fingerprint density at radius 3 is 2.32 bits per heavy atom. The highest BCUT2D eigenvalue weighted by Crippen LogP contribution is 2.30. The number of nitrogen functional groups attached to an aromatic ring is 1. The predicted octanol–water partition coefficient (Wildman–Crippen LogP) is 5.30. The maximum atomic E-state index is 6.14. The standard InChI is InChI=1S/C20H20N2/c1-14-8-11-20(15(2)12-14)22-17-9-10-19(21)18(13-17)16-6-4-3-5-7-16/h3-13,22H,21H2,1-2H3. The quantitative estimate of drug-likeness (QED) is 0.642. The van der Waals surface area contributed by atoms with Crippen LogP contribution < -0.4 is 11.1 Å². The van der Waals surface area contributed by atoms with Crippen LogP contribution in [-0.4, -0.2) is 0 Å². The molecule has 3 aromatic carbocycles. The topological polar surface area (TPSA) is 38.0 Å². The van der Waals surface area contributed by atoms with Crippen molar-refractivity contribution in [1.82, 2.24) is 0 Å². The Hall–Kier alpha value is -2.74. The van der Waals surface area contributed by atoms with Crippen LogP contribution >= 0.6 is 0 Å². The van der Waals surface area contributed by atoms with E-state index >= 15 is 0 Å². The van der Waals surface area contributed by atoms with Crippen molar-refractivity contribution >= 4 is 17.1 Å². The number of benzene rings is 3. The van der Waals surface area contributed by atoms with Crippen LogP contribution in [-0.2, 0) is 0 Å². The minimum atomic E-state index is 0.789. The van der Waals surface area contributed by atoms with Crippen LogP contribution in [0.3, 0.4) is 0 Å². The van der Waals surface area contributed by atoms with E-state index < -0.39 is 0 Å². The van der Waals surface area contributed by atoms with Crippen molar-refractivity contribution in [2.24, 2.45) is 0 Å². The molecule has 3 rings (SSSR count). The van der Waals surface area contributed by atoms with E-state index in [1.807, 2.05) is 30.3 Å². The van der Waals surface area contributed by atoms with E-state index in [1.54, 1.807) is 0 Å². The molecule has 3 aromatic rings. The number of nitrogens with two attached hydrogens (primary N) is 1. The van der Waals surface area contributed by atoms with Gasteiger partial charge in [0.1, 0.15) is 0 Å². The van der Waals surface area contributed by atoms with Crippen molar-refractivity contribution in [1.29, 1.82) is 0 Å². The van der Waals surface area contributed by atoms with Gasteiger partial charge in [-0.05, 0) is 49.2 Å². The molecule has 0 radical (unpaired) electrons. The highest BCUT2D eigenvalue weighted by Gasteiger charge is 2.05. The molecule has 22 heavy (non-hydrogen) atoms. The summed E-state index contributed by atoms with van der Waals surface area (Å²) in [5.74, 6) is 0. The molecule has 0 spiro atoms. The Morgan fingerprint density at radius 1 is 0.818 bits per heavy atom. The molecule has 0 unspecified atom stereocenters. The lowest BCUT2D eigenvalue weighted by Crippen LogP contribution is -1.96. The minimum Gasteiger partial charge on any atom is -0.398 e. The summed E-state index contributed by atoms with van der Waals surface area (Å²) in [5.41, 5.74) is 13.8. The molecule has 0 saturated carbocycles. The van der Waals surface area contributed by atoms with Crippen LogP contribution in [0.2, 0.25) is 0 Å². The van der Waals surface area contributed by atoms with Crippen LogP contribution in [0.5, 0.6) is 0 Å². The van der Waals surface area contributed by atoms with Crippen molar-refractivity contribution in [3.05, 3.63) is 77.9 Å². The van der Waals surface area contributed by atoms with Gasteiger partial charge in [0.15, 0.2) is 0 Å². The highest BCUT2D eigenvalue weighted by molar-refractivity contribution is 5.81. The maximum absolute atomic E-state index is 6.14. The Balaban J connectivity index is 1.96. The fraction of sp³-hybridized carbons (Fsp3) is 0.100. The fourth-order valence-electron chi connectivity index (χ4n) is 2.61. The second kappa shape index (κ2) is 5.94. The molecule has 0 saturated heterocycles. The Morgan fingerprint density at radius 2 is 1.59 bits per heavy atom. The molecule has 2 nitrogen and oxygen atoms in total. The third-order valence-corrected chi connectivity index (χ3v) is 3.80. The second-order valence-electron chi connectivity index (χ2n) is 5.61. The van der Waals surface area contributed by atoms with Crippen LogP contribution in [0.25, 0.3) is 11.1 Å². The van der Waals surface area contributed by atoms with E-state index in [0.717, 1.165) is 28.2 Å². The lowest BCUT2D eigenvalue weighted by atomic mass is 10.0. The lowest BCUT2D eigenvalue weighted by Gasteiger charge is -2.13. The van der Waals surface area contributed by atoms with E-state index in [2.05, 4.69) is 55.6 Å². The largest absolute Gasteiger partial charge is 0.398 e. The average molecular weight is 288 g/mol. The smallest absolute Gasteiger partial charge is 0.0414 e. The molecule has 0 fully saturated rings. The third-order valence-electron chi connectivity index (χ3n) is 3.80. The first-order valence-corrected chi connectivity index (χ1v) is 7.43. The molecular weight excluding hydrogens is 268 g/mol. The molecular formula is C20H20N2. The number of rotatable bonds is 3. The first kappa shape index (κ1) is 14.2. The van der Waals surface area contributed by atoms with Crippen LogP contribution in [0.1, 0.15) is 11.1 Å². The second-order valence-corrected chi connectivity index (χ2v) is 5.61. The van der Waals surface area contributed by atoms with Crippen molar-refractivity contribution < 1.29 is 0 Å². The SMILES string of the molecule is Cc1ccc(Nc2ccc(N)c(-c3ccccc3)c2)c(C)c1. The van der Waals surface area contributed by atoms with Gasteiger partial charge in [-0.25, -0.2) is 0 Å². The van der Waals surface area contributed by atoms with Crippen molar-refractivity contribution in [3.8, 4) is 11.1 Å². The lowest BCUT2D eigenvalue weighted by molar-refractivity contribution is 1.37. The Bertz CT molecular complexity index is 792. The van der Waals surface area contributed by atoms with Gasteiger partial charge in [0.2, 0.25) is 0 Å². The Labute approximate surface area is 131 Å². The minimum absolute atomic E-state index is 0.789. The molecule has 0 bridgehead atoms. The van der Waals surface area contributed by atoms with Crippen LogP contribution in [0.4, 0.5) is 17.1 Å². The van der Waals surface area contributed by atoms with Crippen LogP contribution in [0, 0.1) is 13.8 Å². The van der Waals surface area contributed by atoms with E-state index in [0.29, 0.717) is 0 Å². The van der Waals surface area contributed by atoms with E-state index in [1.165, 1.54) is 11.1 Å². The van der Waals surface area contributed by atoms with E-state index in [-0.39, 0.29) is 0 Å². The molecule has 0 aliphatic rings. The molecule has 0 atom stereocenters. The summed E-state index contributed by atoms with van der Waals surface area (Å²) in [5, 5.41) is 3.48. The van der Waals surface area contributed by atoms with Gasteiger partial charge in [-0.3, -0.25) is 0 Å². The monoisotopic (exact) mass is 288 g/mol. The number of hydrogen-bond donors (Lipinski definition) is 2. The zero-order chi connectivity index (χ0) is 15.5. The normalized spacial score (nSPS) is 10.5.